The average Bonchev–Trinajstić information content (AvgIpc) is 3.12. The van der Waals surface area contributed by atoms with Crippen molar-refractivity contribution in [1.29, 1.82) is 0 Å². The second kappa shape index (κ2) is 6.30. The molecule has 5 nitrogen and oxygen atoms in total. The van der Waals surface area contributed by atoms with E-state index in [9.17, 15) is 9.59 Å². The lowest BCUT2D eigenvalue weighted by Gasteiger charge is -2.10. The van der Waals surface area contributed by atoms with Gasteiger partial charge in [0.2, 0.25) is 0 Å². The molecule has 4 aromatic rings. The van der Waals surface area contributed by atoms with E-state index in [0.717, 1.165) is 23.8 Å². The highest BCUT2D eigenvalue weighted by Gasteiger charge is 2.19. The molecule has 0 bridgehead atoms. The van der Waals surface area contributed by atoms with Crippen LogP contribution < -0.4 is 5.56 Å². The van der Waals surface area contributed by atoms with Crippen LogP contribution in [0.2, 0.25) is 0 Å². The third-order valence-electron chi connectivity index (χ3n) is 5.39. The molecule has 1 aliphatic rings. The number of pyridine rings is 1. The number of nitrogens with zero attached hydrogens (tertiary/aromatic N) is 2. The van der Waals surface area contributed by atoms with Crippen molar-refractivity contribution in [2.45, 2.75) is 26.4 Å². The van der Waals surface area contributed by atoms with Gasteiger partial charge in [0.15, 0.2) is 0 Å². The predicted octanol–water partition coefficient (Wildman–Crippen LogP) is 3.61. The first-order valence-corrected chi connectivity index (χ1v) is 9.30. The number of carbonyl (C=O) groups is 1. The summed E-state index contributed by atoms with van der Waals surface area (Å²) in [4.78, 5) is 29.6. The van der Waals surface area contributed by atoms with E-state index in [1.54, 1.807) is 12.3 Å². The first-order valence-electron chi connectivity index (χ1n) is 9.30. The van der Waals surface area contributed by atoms with Crippen LogP contribution in [-0.2, 0) is 24.2 Å². The molecule has 28 heavy (non-hydrogen) atoms. The molecule has 0 atom stereocenters. The molecule has 0 spiro atoms. The van der Waals surface area contributed by atoms with Gasteiger partial charge in [-0.2, -0.15) is 0 Å². The summed E-state index contributed by atoms with van der Waals surface area (Å²) in [5.41, 5.74) is 4.83. The number of fused-ring (bicyclic) bond motifs is 1. The van der Waals surface area contributed by atoms with Crippen molar-refractivity contribution in [3.8, 4) is 0 Å². The van der Waals surface area contributed by atoms with Gasteiger partial charge in [-0.3, -0.25) is 9.20 Å². The summed E-state index contributed by atoms with van der Waals surface area (Å²) < 4.78 is 7.01. The first-order chi connectivity index (χ1) is 13.6. The quantitative estimate of drug-likeness (QED) is 0.517. The third-order valence-corrected chi connectivity index (χ3v) is 5.39. The molecular formula is C23H18N2O3. The number of aromatic nitrogens is 2. The molecule has 5 rings (SSSR count). The fourth-order valence-corrected chi connectivity index (χ4v) is 4.02. The van der Waals surface area contributed by atoms with Gasteiger partial charge in [0.25, 0.3) is 5.56 Å². The van der Waals surface area contributed by atoms with Crippen molar-refractivity contribution < 1.29 is 9.53 Å². The molecule has 138 valence electrons. The summed E-state index contributed by atoms with van der Waals surface area (Å²) in [7, 11) is 0. The monoisotopic (exact) mass is 370 g/mol. The van der Waals surface area contributed by atoms with Crippen molar-refractivity contribution in [2.75, 3.05) is 0 Å². The largest absolute Gasteiger partial charge is 0.456 e. The molecular weight excluding hydrogens is 352 g/mol. The Morgan fingerprint density at radius 2 is 1.93 bits per heavy atom. The Labute approximate surface area is 161 Å². The lowest BCUT2D eigenvalue weighted by atomic mass is 10.00. The lowest BCUT2D eigenvalue weighted by molar-refractivity contribution is 0.0470. The van der Waals surface area contributed by atoms with Crippen LogP contribution in [0.4, 0.5) is 0 Å². The molecule has 2 heterocycles. The van der Waals surface area contributed by atoms with E-state index in [-0.39, 0.29) is 12.2 Å². The van der Waals surface area contributed by atoms with Crippen LogP contribution in [0, 0.1) is 6.92 Å². The minimum atomic E-state index is -0.401. The van der Waals surface area contributed by atoms with Crippen LogP contribution >= 0.6 is 0 Å². The minimum Gasteiger partial charge on any atom is -0.456 e. The summed E-state index contributed by atoms with van der Waals surface area (Å²) in [5, 5.41) is 2.11. The van der Waals surface area contributed by atoms with Gasteiger partial charge in [-0.15, -0.1) is 0 Å². The van der Waals surface area contributed by atoms with E-state index >= 15 is 0 Å². The van der Waals surface area contributed by atoms with Crippen LogP contribution in [0.1, 0.15) is 32.7 Å². The molecule has 0 saturated heterocycles. The van der Waals surface area contributed by atoms with Crippen molar-refractivity contribution in [1.82, 2.24) is 9.38 Å². The van der Waals surface area contributed by atoms with E-state index in [4.69, 9.17) is 4.74 Å². The topological polar surface area (TPSA) is 60.7 Å². The summed E-state index contributed by atoms with van der Waals surface area (Å²) in [6.07, 6.45) is 3.70. The number of hydrogen-bond acceptors (Lipinski definition) is 4. The lowest BCUT2D eigenvalue weighted by Crippen LogP contribution is -2.17. The molecule has 0 radical (unpaired) electrons. The SMILES string of the molecule is Cc1cccn2c(=O)cc(COC(=O)c3ccc4c5c(cccc35)CC4)nc12. The van der Waals surface area contributed by atoms with Gasteiger partial charge in [-0.05, 0) is 59.4 Å². The molecule has 0 amide bonds. The van der Waals surface area contributed by atoms with Crippen LogP contribution in [0.15, 0.2) is 59.5 Å². The number of carbonyl (C=O) groups excluding carboxylic acids is 1. The minimum absolute atomic E-state index is 0.0398. The standard InChI is InChI=1S/C23H18N2O3/c1-14-4-3-11-25-20(26)12-17(24-22(14)25)13-28-23(27)19-10-9-16-8-7-15-5-2-6-18(19)21(15)16/h2-6,9-12H,7-8,13H2,1H3. The fourth-order valence-electron chi connectivity index (χ4n) is 4.02. The summed E-state index contributed by atoms with van der Waals surface area (Å²) in [6, 6.07) is 15.0. The fraction of sp³-hybridized carbons (Fsp3) is 0.174. The second-order valence-electron chi connectivity index (χ2n) is 7.16. The number of ether oxygens (including phenoxy) is 1. The smallest absolute Gasteiger partial charge is 0.339 e. The molecule has 0 N–H and O–H groups in total. The second-order valence-corrected chi connectivity index (χ2v) is 7.16. The maximum absolute atomic E-state index is 12.8. The zero-order chi connectivity index (χ0) is 19.3. The maximum Gasteiger partial charge on any atom is 0.339 e. The summed E-state index contributed by atoms with van der Waals surface area (Å²) in [6.45, 7) is 1.85. The number of rotatable bonds is 3. The highest BCUT2D eigenvalue weighted by atomic mass is 16.5. The highest BCUT2D eigenvalue weighted by Crippen LogP contribution is 2.33. The molecule has 0 fully saturated rings. The molecule has 2 aromatic heterocycles. The van der Waals surface area contributed by atoms with Crippen molar-refractivity contribution >= 4 is 22.4 Å². The van der Waals surface area contributed by atoms with Gasteiger partial charge in [-0.1, -0.05) is 30.3 Å². The van der Waals surface area contributed by atoms with E-state index in [0.29, 0.717) is 16.9 Å². The van der Waals surface area contributed by atoms with Crippen molar-refractivity contribution in [3.05, 3.63) is 93.0 Å². The van der Waals surface area contributed by atoms with Gasteiger partial charge in [-0.25, -0.2) is 9.78 Å². The van der Waals surface area contributed by atoms with Crippen LogP contribution in [0.5, 0.6) is 0 Å². The van der Waals surface area contributed by atoms with Crippen molar-refractivity contribution in [3.63, 3.8) is 0 Å². The molecule has 0 aliphatic heterocycles. The number of esters is 1. The van der Waals surface area contributed by atoms with Crippen molar-refractivity contribution in [2.24, 2.45) is 0 Å². The molecule has 1 aliphatic carbocycles. The third kappa shape index (κ3) is 2.59. The van der Waals surface area contributed by atoms with E-state index in [1.165, 1.54) is 27.0 Å². The summed E-state index contributed by atoms with van der Waals surface area (Å²) >= 11 is 0. The average molecular weight is 370 g/mol. The number of aryl methyl sites for hydroxylation is 3. The number of hydrogen-bond donors (Lipinski definition) is 0. The Bertz CT molecular complexity index is 1310. The van der Waals surface area contributed by atoms with Crippen LogP contribution in [-0.4, -0.2) is 15.4 Å². The van der Waals surface area contributed by atoms with E-state index in [1.807, 2.05) is 37.3 Å². The Balaban J connectivity index is 1.46. The van der Waals surface area contributed by atoms with E-state index < -0.39 is 5.97 Å². The zero-order valence-corrected chi connectivity index (χ0v) is 15.4. The van der Waals surface area contributed by atoms with Gasteiger partial charge in [0.05, 0.1) is 11.3 Å². The molecule has 2 aromatic carbocycles. The van der Waals surface area contributed by atoms with Gasteiger partial charge in [0, 0.05) is 12.3 Å². The van der Waals surface area contributed by atoms with Crippen LogP contribution in [0.25, 0.3) is 16.4 Å². The molecule has 5 heteroatoms. The summed E-state index contributed by atoms with van der Waals surface area (Å²) in [5.74, 6) is -0.401. The van der Waals surface area contributed by atoms with Gasteiger partial charge < -0.3 is 4.74 Å². The first kappa shape index (κ1) is 16.7. The molecule has 0 saturated carbocycles. The molecule has 0 unspecified atom stereocenters. The van der Waals surface area contributed by atoms with Crippen LogP contribution in [0.3, 0.4) is 0 Å². The predicted molar refractivity (Wildman–Crippen MR) is 107 cm³/mol. The Kier molecular flexibility index (Phi) is 3.76. The van der Waals surface area contributed by atoms with Gasteiger partial charge in [0.1, 0.15) is 12.3 Å². The normalized spacial score (nSPS) is 12.6. The zero-order valence-electron chi connectivity index (χ0n) is 15.4. The number of benzene rings is 2. The highest BCUT2D eigenvalue weighted by molar-refractivity contribution is 6.07. The Hall–Kier alpha value is -3.47. The Morgan fingerprint density at radius 1 is 1.11 bits per heavy atom. The maximum atomic E-state index is 12.8. The van der Waals surface area contributed by atoms with Gasteiger partial charge >= 0.3 is 5.97 Å². The Morgan fingerprint density at radius 3 is 2.79 bits per heavy atom. The van der Waals surface area contributed by atoms with E-state index in [2.05, 4.69) is 11.1 Å².